The van der Waals surface area contributed by atoms with E-state index in [1.165, 1.54) is 116 Å². The molecule has 1 heteroatoms. The van der Waals surface area contributed by atoms with Gasteiger partial charge >= 0.3 is 0 Å². The Balaban J connectivity index is 1.08. The number of aromatic nitrogens is 1. The van der Waals surface area contributed by atoms with Gasteiger partial charge in [-0.2, -0.15) is 0 Å². The lowest BCUT2D eigenvalue weighted by atomic mass is 9.70. The third-order valence-electron chi connectivity index (χ3n) is 13.3. The highest BCUT2D eigenvalue weighted by Gasteiger charge is 2.51. The molecule has 1 atom stereocenters. The van der Waals surface area contributed by atoms with Gasteiger partial charge in [-0.15, -0.1) is 0 Å². The molecule has 1 heterocycles. The predicted molar refractivity (Wildman–Crippen MR) is 255 cm³/mol. The minimum atomic E-state index is -0.492. The van der Waals surface area contributed by atoms with Crippen molar-refractivity contribution in [3.63, 3.8) is 0 Å². The lowest BCUT2D eigenvalue weighted by Gasteiger charge is -2.31. The highest BCUT2D eigenvalue weighted by Crippen LogP contribution is 2.63. The number of hydrogen-bond acceptors (Lipinski definition) is 1. The molecule has 2 aliphatic rings. The summed E-state index contributed by atoms with van der Waals surface area (Å²) in [6, 6.07) is 77.1. The van der Waals surface area contributed by atoms with Crippen LogP contribution in [0.3, 0.4) is 0 Å². The molecule has 0 saturated carbocycles. The first-order valence-corrected chi connectivity index (χ1v) is 21.3. The van der Waals surface area contributed by atoms with E-state index in [9.17, 15) is 0 Å². The smallest absolute Gasteiger partial charge is 0.0725 e. The van der Waals surface area contributed by atoms with Crippen molar-refractivity contribution in [2.45, 2.75) is 19.3 Å². The summed E-state index contributed by atoms with van der Waals surface area (Å²) in [5.74, 6) is 0. The maximum absolute atomic E-state index is 4.66. The maximum Gasteiger partial charge on any atom is 0.0725 e. The molecule has 1 aromatic heterocycles. The second-order valence-corrected chi connectivity index (χ2v) is 16.8. The second kappa shape index (κ2) is 13.7. The van der Waals surface area contributed by atoms with Crippen LogP contribution in [-0.2, 0) is 5.41 Å². The summed E-state index contributed by atoms with van der Waals surface area (Å²) in [5, 5.41) is 2.51. The number of benzene rings is 9. The number of hydrogen-bond donors (Lipinski definition) is 0. The topological polar surface area (TPSA) is 12.9 Å². The van der Waals surface area contributed by atoms with Gasteiger partial charge in [0.2, 0.25) is 0 Å². The van der Waals surface area contributed by atoms with Crippen molar-refractivity contribution in [1.82, 2.24) is 4.98 Å². The van der Waals surface area contributed by atoms with Gasteiger partial charge in [-0.3, -0.25) is 4.98 Å². The van der Waals surface area contributed by atoms with Crippen molar-refractivity contribution in [3.8, 4) is 77.9 Å². The second-order valence-electron chi connectivity index (χ2n) is 16.8. The Bertz CT molecular complexity index is 3370. The molecule has 0 N–H and O–H groups in total. The van der Waals surface area contributed by atoms with Crippen LogP contribution in [0.5, 0.6) is 0 Å². The van der Waals surface area contributed by atoms with Crippen LogP contribution in [-0.4, -0.2) is 4.98 Å². The standard InChI is InChI=1S/C60H41N/c1-38-30-39(2)61-37-55(38)45-19-12-18-42(31-45)43-26-28-53-51-21-8-10-24-56(51)60(58(53)35-43)57-25-11-9-22-52(57)54-29-27-44(36-59(54)60)47-32-46(40-14-4-3-5-15-40)33-48(34-47)50-23-13-17-41-16-6-7-20-49(41)50/h3-37H,1-2H3. The van der Waals surface area contributed by atoms with E-state index in [4.69, 9.17) is 0 Å². The van der Waals surface area contributed by atoms with Crippen LogP contribution in [0.15, 0.2) is 212 Å². The molecule has 0 fully saturated rings. The van der Waals surface area contributed by atoms with Crippen molar-refractivity contribution >= 4 is 10.8 Å². The van der Waals surface area contributed by atoms with E-state index in [1.807, 2.05) is 6.20 Å². The molecule has 2 aliphatic carbocycles. The molecule has 61 heavy (non-hydrogen) atoms. The third-order valence-corrected chi connectivity index (χ3v) is 13.3. The molecule has 0 radical (unpaired) electrons. The lowest BCUT2D eigenvalue weighted by Crippen LogP contribution is -2.26. The first kappa shape index (κ1) is 35.3. The van der Waals surface area contributed by atoms with Gasteiger partial charge in [0.15, 0.2) is 0 Å². The fraction of sp³-hybridized carbons (Fsp3) is 0.0500. The normalized spacial score (nSPS) is 14.5. The first-order valence-electron chi connectivity index (χ1n) is 21.3. The van der Waals surface area contributed by atoms with E-state index in [0.717, 1.165) is 5.69 Å². The van der Waals surface area contributed by atoms with Crippen LogP contribution >= 0.6 is 0 Å². The van der Waals surface area contributed by atoms with Gasteiger partial charge in [0.25, 0.3) is 0 Å². The van der Waals surface area contributed by atoms with E-state index in [1.54, 1.807) is 0 Å². The lowest BCUT2D eigenvalue weighted by molar-refractivity contribution is 0.794. The van der Waals surface area contributed by atoms with Gasteiger partial charge in [0.1, 0.15) is 0 Å². The van der Waals surface area contributed by atoms with Crippen LogP contribution in [0.25, 0.3) is 88.7 Å². The molecular weight excluding hydrogens is 735 g/mol. The predicted octanol–water partition coefficient (Wildman–Crippen LogP) is 15.5. The van der Waals surface area contributed by atoms with E-state index in [-0.39, 0.29) is 0 Å². The Morgan fingerprint density at radius 2 is 0.803 bits per heavy atom. The fourth-order valence-corrected chi connectivity index (χ4v) is 10.6. The summed E-state index contributed by atoms with van der Waals surface area (Å²) in [5.41, 5.74) is 24.4. The number of rotatable bonds is 5. The minimum absolute atomic E-state index is 0.492. The molecule has 286 valence electrons. The summed E-state index contributed by atoms with van der Waals surface area (Å²) in [4.78, 5) is 4.66. The highest BCUT2D eigenvalue weighted by molar-refractivity contribution is 6.00. The SMILES string of the molecule is Cc1cc(C)c(-c2cccc(-c3ccc4c(c3)C3(c5ccccc5-4)c4ccccc4-c4ccc(-c5cc(-c6ccccc6)cc(-c6cccc7ccccc67)c5)cc43)c2)cn1. The number of aryl methyl sites for hydroxylation is 2. The molecule has 12 rings (SSSR count). The Hall–Kier alpha value is -7.61. The maximum atomic E-state index is 4.66. The summed E-state index contributed by atoms with van der Waals surface area (Å²) in [6.07, 6.45) is 2.02. The van der Waals surface area contributed by atoms with Gasteiger partial charge in [0, 0.05) is 17.5 Å². The average Bonchev–Trinajstić information content (AvgIpc) is 3.78. The van der Waals surface area contributed by atoms with Crippen LogP contribution in [0.1, 0.15) is 33.5 Å². The monoisotopic (exact) mass is 775 g/mol. The van der Waals surface area contributed by atoms with Crippen LogP contribution in [0.4, 0.5) is 0 Å². The molecule has 0 aliphatic heterocycles. The van der Waals surface area contributed by atoms with Crippen molar-refractivity contribution < 1.29 is 0 Å². The molecule has 0 bridgehead atoms. The van der Waals surface area contributed by atoms with Gasteiger partial charge in [-0.05, 0) is 167 Å². The van der Waals surface area contributed by atoms with Gasteiger partial charge in [-0.1, -0.05) is 164 Å². The summed E-state index contributed by atoms with van der Waals surface area (Å²) in [6.45, 7) is 4.23. The van der Waals surface area contributed by atoms with Crippen LogP contribution < -0.4 is 0 Å². The minimum Gasteiger partial charge on any atom is -0.261 e. The van der Waals surface area contributed by atoms with Crippen molar-refractivity contribution in [3.05, 3.63) is 246 Å². The highest BCUT2D eigenvalue weighted by atomic mass is 14.7. The number of pyridine rings is 1. The van der Waals surface area contributed by atoms with Gasteiger partial charge in [-0.25, -0.2) is 0 Å². The number of nitrogens with zero attached hydrogens (tertiary/aromatic N) is 1. The molecular formula is C60H41N. The van der Waals surface area contributed by atoms with Crippen LogP contribution in [0.2, 0.25) is 0 Å². The number of fused-ring (bicyclic) bond motifs is 11. The largest absolute Gasteiger partial charge is 0.261 e. The Labute approximate surface area is 357 Å². The van der Waals surface area contributed by atoms with E-state index >= 15 is 0 Å². The van der Waals surface area contributed by atoms with Gasteiger partial charge in [0.05, 0.1) is 5.41 Å². The zero-order chi connectivity index (χ0) is 40.7. The molecule has 1 unspecified atom stereocenters. The summed E-state index contributed by atoms with van der Waals surface area (Å²) in [7, 11) is 0. The van der Waals surface area contributed by atoms with Crippen LogP contribution in [0, 0.1) is 13.8 Å². The van der Waals surface area contributed by atoms with E-state index < -0.39 is 5.41 Å². The zero-order valence-corrected chi connectivity index (χ0v) is 34.2. The van der Waals surface area contributed by atoms with Gasteiger partial charge < -0.3 is 0 Å². The van der Waals surface area contributed by atoms with Crippen molar-refractivity contribution in [2.75, 3.05) is 0 Å². The van der Waals surface area contributed by atoms with E-state index in [0.29, 0.717) is 0 Å². The quantitative estimate of drug-likeness (QED) is 0.170. The third kappa shape index (κ3) is 5.44. The summed E-state index contributed by atoms with van der Waals surface area (Å²) >= 11 is 0. The molecule has 9 aromatic carbocycles. The molecule has 0 saturated heterocycles. The average molecular weight is 776 g/mol. The van der Waals surface area contributed by atoms with E-state index in [2.05, 4.69) is 225 Å². The molecule has 10 aromatic rings. The molecule has 0 amide bonds. The Morgan fingerprint density at radius 1 is 0.311 bits per heavy atom. The Morgan fingerprint density at radius 3 is 1.52 bits per heavy atom. The summed E-state index contributed by atoms with van der Waals surface area (Å²) < 4.78 is 0. The fourth-order valence-electron chi connectivity index (χ4n) is 10.6. The first-order chi connectivity index (χ1) is 30.0. The molecule has 1 nitrogen and oxygen atoms in total. The van der Waals surface area contributed by atoms with Crippen molar-refractivity contribution in [1.29, 1.82) is 0 Å². The Kier molecular flexibility index (Phi) is 7.95. The van der Waals surface area contributed by atoms with Crippen molar-refractivity contribution in [2.24, 2.45) is 0 Å². The molecule has 1 spiro atoms. The zero-order valence-electron chi connectivity index (χ0n) is 34.2.